The highest BCUT2D eigenvalue weighted by atomic mass is 16.5. The van der Waals surface area contributed by atoms with Gasteiger partial charge in [-0.15, -0.1) is 0 Å². The minimum Gasteiger partial charge on any atom is -0.332 e. The van der Waals surface area contributed by atoms with Crippen molar-refractivity contribution in [2.24, 2.45) is 0 Å². The van der Waals surface area contributed by atoms with Crippen LogP contribution in [0.15, 0.2) is 40.9 Å². The Morgan fingerprint density at radius 3 is 2.63 bits per heavy atom. The summed E-state index contributed by atoms with van der Waals surface area (Å²) in [4.78, 5) is 4.19. The summed E-state index contributed by atoms with van der Waals surface area (Å²) in [5, 5.41) is 8.29. The van der Waals surface area contributed by atoms with Crippen LogP contribution in [0.1, 0.15) is 17.1 Å². The Bertz CT molecular complexity index is 685. The van der Waals surface area contributed by atoms with Gasteiger partial charge in [-0.05, 0) is 25.5 Å². The van der Waals surface area contributed by atoms with Gasteiger partial charge in [0.25, 0.3) is 5.89 Å². The molecule has 0 aliphatic heterocycles. The Morgan fingerprint density at radius 1 is 1.16 bits per heavy atom. The van der Waals surface area contributed by atoms with Crippen molar-refractivity contribution < 1.29 is 4.52 Å². The number of rotatable bonds is 3. The van der Waals surface area contributed by atoms with E-state index >= 15 is 0 Å². The van der Waals surface area contributed by atoms with Gasteiger partial charge in [0.05, 0.1) is 6.54 Å². The normalized spacial score (nSPS) is 10.8. The summed E-state index contributed by atoms with van der Waals surface area (Å²) in [6.07, 6.45) is 0. The molecule has 5 nitrogen and oxygen atoms in total. The van der Waals surface area contributed by atoms with Crippen LogP contribution in [0.2, 0.25) is 0 Å². The lowest BCUT2D eigenvalue weighted by Gasteiger charge is -2.03. The number of benzene rings is 1. The Hall–Kier alpha value is -2.43. The Kier molecular flexibility index (Phi) is 2.87. The van der Waals surface area contributed by atoms with E-state index in [1.807, 2.05) is 35.9 Å². The van der Waals surface area contributed by atoms with Crippen LogP contribution in [0.3, 0.4) is 0 Å². The van der Waals surface area contributed by atoms with Crippen molar-refractivity contribution in [1.29, 1.82) is 0 Å². The molecule has 0 saturated carbocycles. The first-order valence-corrected chi connectivity index (χ1v) is 6.11. The maximum atomic E-state index is 5.13. The van der Waals surface area contributed by atoms with Crippen molar-refractivity contribution in [2.45, 2.75) is 20.4 Å². The first-order valence-electron chi connectivity index (χ1n) is 6.11. The molecule has 0 amide bonds. The lowest BCUT2D eigenvalue weighted by molar-refractivity contribution is 0.423. The third-order valence-corrected chi connectivity index (χ3v) is 2.90. The molecule has 0 saturated heterocycles. The molecule has 0 aliphatic carbocycles. The van der Waals surface area contributed by atoms with Crippen LogP contribution in [-0.2, 0) is 6.54 Å². The second kappa shape index (κ2) is 4.68. The number of aromatic nitrogens is 4. The summed E-state index contributed by atoms with van der Waals surface area (Å²) in [5.41, 5.74) is 2.99. The molecule has 0 spiro atoms. The molecule has 2 heterocycles. The van der Waals surface area contributed by atoms with Crippen molar-refractivity contribution in [3.63, 3.8) is 0 Å². The summed E-state index contributed by atoms with van der Waals surface area (Å²) in [6, 6.07) is 12.2. The summed E-state index contributed by atoms with van der Waals surface area (Å²) in [7, 11) is 0. The molecule has 0 aliphatic rings. The van der Waals surface area contributed by atoms with Crippen LogP contribution in [0.25, 0.3) is 11.6 Å². The Morgan fingerprint density at radius 2 is 1.95 bits per heavy atom. The van der Waals surface area contributed by atoms with Gasteiger partial charge in [-0.1, -0.05) is 35.5 Å². The molecule has 0 unspecified atom stereocenters. The van der Waals surface area contributed by atoms with E-state index in [4.69, 9.17) is 4.52 Å². The monoisotopic (exact) mass is 254 g/mol. The van der Waals surface area contributed by atoms with E-state index in [1.165, 1.54) is 5.56 Å². The van der Waals surface area contributed by atoms with E-state index in [0.29, 0.717) is 17.4 Å². The van der Waals surface area contributed by atoms with Gasteiger partial charge in [-0.25, -0.2) is 0 Å². The predicted octanol–water partition coefficient (Wildman–Crippen LogP) is 2.60. The molecule has 0 N–H and O–H groups in total. The zero-order valence-electron chi connectivity index (χ0n) is 10.9. The van der Waals surface area contributed by atoms with E-state index in [0.717, 1.165) is 12.2 Å². The molecule has 0 bridgehead atoms. The predicted molar refractivity (Wildman–Crippen MR) is 70.5 cm³/mol. The van der Waals surface area contributed by atoms with Crippen molar-refractivity contribution in [3.8, 4) is 11.6 Å². The number of hydrogen-bond acceptors (Lipinski definition) is 4. The second-order valence-corrected chi connectivity index (χ2v) is 4.46. The third-order valence-electron chi connectivity index (χ3n) is 2.90. The first kappa shape index (κ1) is 11.6. The second-order valence-electron chi connectivity index (χ2n) is 4.46. The molecular weight excluding hydrogens is 240 g/mol. The topological polar surface area (TPSA) is 56.7 Å². The zero-order valence-corrected chi connectivity index (χ0v) is 10.9. The van der Waals surface area contributed by atoms with E-state index in [1.54, 1.807) is 6.92 Å². The standard InChI is InChI=1S/C14H14N4O/c1-10-8-13(14-15-11(2)17-19-14)16-18(10)9-12-6-4-3-5-7-12/h3-8H,9H2,1-2H3. The maximum Gasteiger partial charge on any atom is 0.278 e. The van der Waals surface area contributed by atoms with Crippen molar-refractivity contribution in [1.82, 2.24) is 19.9 Å². The fraction of sp³-hybridized carbons (Fsp3) is 0.214. The van der Waals surface area contributed by atoms with Gasteiger partial charge in [-0.2, -0.15) is 10.1 Å². The van der Waals surface area contributed by atoms with E-state index in [-0.39, 0.29) is 0 Å². The van der Waals surface area contributed by atoms with Crippen molar-refractivity contribution in [3.05, 3.63) is 53.5 Å². The van der Waals surface area contributed by atoms with Crippen LogP contribution in [0, 0.1) is 13.8 Å². The summed E-state index contributed by atoms with van der Waals surface area (Å²) < 4.78 is 7.07. The molecule has 0 fully saturated rings. The molecule has 0 atom stereocenters. The zero-order chi connectivity index (χ0) is 13.2. The average molecular weight is 254 g/mol. The highest BCUT2D eigenvalue weighted by Gasteiger charge is 2.12. The van der Waals surface area contributed by atoms with Gasteiger partial charge >= 0.3 is 0 Å². The molecule has 3 rings (SSSR count). The molecular formula is C14H14N4O. The molecule has 2 aromatic heterocycles. The lowest BCUT2D eigenvalue weighted by atomic mass is 10.2. The fourth-order valence-electron chi connectivity index (χ4n) is 1.93. The molecule has 0 radical (unpaired) electrons. The number of hydrogen-bond donors (Lipinski definition) is 0. The van der Waals surface area contributed by atoms with Gasteiger partial charge in [-0.3, -0.25) is 4.68 Å². The Labute approximate surface area is 110 Å². The number of aryl methyl sites for hydroxylation is 2. The van der Waals surface area contributed by atoms with Crippen LogP contribution in [0.4, 0.5) is 0 Å². The largest absolute Gasteiger partial charge is 0.332 e. The summed E-state index contributed by atoms with van der Waals surface area (Å²) >= 11 is 0. The lowest BCUT2D eigenvalue weighted by Crippen LogP contribution is -2.03. The minimum absolute atomic E-state index is 0.465. The third kappa shape index (κ3) is 2.40. The van der Waals surface area contributed by atoms with Crippen LogP contribution in [-0.4, -0.2) is 19.9 Å². The van der Waals surface area contributed by atoms with Crippen LogP contribution < -0.4 is 0 Å². The van der Waals surface area contributed by atoms with E-state index in [2.05, 4.69) is 27.4 Å². The van der Waals surface area contributed by atoms with Gasteiger partial charge in [0.2, 0.25) is 0 Å². The molecule has 3 aromatic rings. The smallest absolute Gasteiger partial charge is 0.278 e. The van der Waals surface area contributed by atoms with E-state index < -0.39 is 0 Å². The molecule has 5 heteroatoms. The van der Waals surface area contributed by atoms with Gasteiger partial charge in [0.1, 0.15) is 0 Å². The summed E-state index contributed by atoms with van der Waals surface area (Å²) in [6.45, 7) is 4.54. The quantitative estimate of drug-likeness (QED) is 0.721. The first-order chi connectivity index (χ1) is 9.22. The average Bonchev–Trinajstić information content (AvgIpc) is 2.98. The van der Waals surface area contributed by atoms with Crippen molar-refractivity contribution in [2.75, 3.05) is 0 Å². The van der Waals surface area contributed by atoms with Gasteiger partial charge in [0, 0.05) is 5.69 Å². The minimum atomic E-state index is 0.465. The van der Waals surface area contributed by atoms with E-state index in [9.17, 15) is 0 Å². The molecule has 19 heavy (non-hydrogen) atoms. The maximum absolute atomic E-state index is 5.13. The van der Waals surface area contributed by atoms with Crippen molar-refractivity contribution >= 4 is 0 Å². The SMILES string of the molecule is Cc1noc(-c2cc(C)n(Cc3ccccc3)n2)n1. The van der Waals surface area contributed by atoms with Crippen LogP contribution >= 0.6 is 0 Å². The van der Waals surface area contributed by atoms with Crippen LogP contribution in [0.5, 0.6) is 0 Å². The number of nitrogens with zero attached hydrogens (tertiary/aromatic N) is 4. The fourth-order valence-corrected chi connectivity index (χ4v) is 1.93. The van der Waals surface area contributed by atoms with Gasteiger partial charge in [0.15, 0.2) is 11.5 Å². The van der Waals surface area contributed by atoms with Gasteiger partial charge < -0.3 is 4.52 Å². The highest BCUT2D eigenvalue weighted by Crippen LogP contribution is 2.17. The molecule has 96 valence electrons. The Balaban J connectivity index is 1.90. The highest BCUT2D eigenvalue weighted by molar-refractivity contribution is 5.46. The summed E-state index contributed by atoms with van der Waals surface area (Å²) in [5.74, 6) is 1.08. The molecule has 1 aromatic carbocycles.